The predicted molar refractivity (Wildman–Crippen MR) is 122 cm³/mol. The number of rotatable bonds is 6. The van der Waals surface area contributed by atoms with Crippen LogP contribution >= 0.6 is 39.9 Å². The van der Waals surface area contributed by atoms with E-state index in [2.05, 4.69) is 86.5 Å². The second-order valence-corrected chi connectivity index (χ2v) is 7.54. The van der Waals surface area contributed by atoms with Gasteiger partial charge in [-0.3, -0.25) is 4.99 Å². The lowest BCUT2D eigenvalue weighted by molar-refractivity contribution is 0.278. The minimum Gasteiger partial charge on any atom is -0.369 e. The lowest BCUT2D eigenvalue weighted by Crippen LogP contribution is -2.46. The first-order valence-corrected chi connectivity index (χ1v) is 9.47. The number of halogens is 2. The number of guanidine groups is 1. The van der Waals surface area contributed by atoms with Crippen LogP contribution in [-0.2, 0) is 0 Å². The summed E-state index contributed by atoms with van der Waals surface area (Å²) in [4.78, 5) is 9.10. The van der Waals surface area contributed by atoms with E-state index in [4.69, 9.17) is 0 Å². The minimum absolute atomic E-state index is 0. The van der Waals surface area contributed by atoms with Crippen molar-refractivity contribution in [3.8, 4) is 0 Å². The maximum Gasteiger partial charge on any atom is 0.191 e. The van der Waals surface area contributed by atoms with Crippen LogP contribution in [0.15, 0.2) is 33.7 Å². The first-order chi connectivity index (χ1) is 11.5. The molecule has 2 rings (SSSR count). The first kappa shape index (κ1) is 22.5. The number of nitrogens with zero attached hydrogens (tertiary/aromatic N) is 3. The van der Waals surface area contributed by atoms with E-state index in [1.807, 2.05) is 7.05 Å². The summed E-state index contributed by atoms with van der Waals surface area (Å²) < 4.78 is 1.12. The van der Waals surface area contributed by atoms with Crippen LogP contribution in [0.5, 0.6) is 0 Å². The van der Waals surface area contributed by atoms with Gasteiger partial charge in [-0.05, 0) is 51.6 Å². The van der Waals surface area contributed by atoms with Gasteiger partial charge >= 0.3 is 0 Å². The molecular formula is C18H31BrIN5. The third-order valence-corrected chi connectivity index (χ3v) is 5.11. The lowest BCUT2D eigenvalue weighted by Gasteiger charge is -2.23. The molecule has 25 heavy (non-hydrogen) atoms. The van der Waals surface area contributed by atoms with Gasteiger partial charge in [0.05, 0.1) is 0 Å². The van der Waals surface area contributed by atoms with Gasteiger partial charge in [-0.1, -0.05) is 15.9 Å². The summed E-state index contributed by atoms with van der Waals surface area (Å²) in [5.74, 6) is 0.898. The summed E-state index contributed by atoms with van der Waals surface area (Å²) >= 11 is 3.49. The van der Waals surface area contributed by atoms with Crippen molar-refractivity contribution < 1.29 is 0 Å². The Labute approximate surface area is 177 Å². The SMILES string of the molecule is CN=C(NCCN(C)C(C)C)NC1CCN(c2ccc(Br)cc2)C1.I. The fourth-order valence-electron chi connectivity index (χ4n) is 2.76. The normalized spacial score (nSPS) is 17.8. The molecule has 2 N–H and O–H groups in total. The molecule has 0 spiro atoms. The highest BCUT2D eigenvalue weighted by molar-refractivity contribution is 14.0. The van der Waals surface area contributed by atoms with Gasteiger partial charge in [0.1, 0.15) is 0 Å². The molecule has 1 saturated heterocycles. The third kappa shape index (κ3) is 7.30. The molecule has 0 aromatic heterocycles. The molecular weight excluding hydrogens is 493 g/mol. The number of hydrogen-bond acceptors (Lipinski definition) is 3. The monoisotopic (exact) mass is 523 g/mol. The van der Waals surface area contributed by atoms with Crippen LogP contribution in [-0.4, -0.2) is 63.2 Å². The smallest absolute Gasteiger partial charge is 0.191 e. The minimum atomic E-state index is 0. The van der Waals surface area contributed by atoms with Crippen molar-refractivity contribution in [2.75, 3.05) is 45.2 Å². The number of hydrogen-bond donors (Lipinski definition) is 2. The Morgan fingerprint density at radius 2 is 2.04 bits per heavy atom. The molecule has 142 valence electrons. The number of likely N-dealkylation sites (N-methyl/N-ethyl adjacent to an activating group) is 1. The van der Waals surface area contributed by atoms with Crippen molar-refractivity contribution in [1.29, 1.82) is 0 Å². The first-order valence-electron chi connectivity index (χ1n) is 8.67. The van der Waals surface area contributed by atoms with E-state index in [-0.39, 0.29) is 24.0 Å². The Kier molecular flexibility index (Phi) is 10.1. The molecule has 1 heterocycles. The summed E-state index contributed by atoms with van der Waals surface area (Å²) in [6.07, 6.45) is 1.13. The van der Waals surface area contributed by atoms with Crippen LogP contribution in [0.4, 0.5) is 5.69 Å². The zero-order valence-electron chi connectivity index (χ0n) is 15.6. The fourth-order valence-corrected chi connectivity index (χ4v) is 3.03. The molecule has 0 aliphatic carbocycles. The molecule has 7 heteroatoms. The zero-order chi connectivity index (χ0) is 17.5. The molecule has 1 aromatic rings. The van der Waals surface area contributed by atoms with E-state index in [1.54, 1.807) is 0 Å². The Morgan fingerprint density at radius 1 is 1.36 bits per heavy atom. The lowest BCUT2D eigenvalue weighted by atomic mass is 10.3. The van der Waals surface area contributed by atoms with Gasteiger partial charge < -0.3 is 20.4 Å². The van der Waals surface area contributed by atoms with Gasteiger partial charge in [-0.2, -0.15) is 0 Å². The predicted octanol–water partition coefficient (Wildman–Crippen LogP) is 3.15. The highest BCUT2D eigenvalue weighted by Crippen LogP contribution is 2.22. The molecule has 1 unspecified atom stereocenters. The molecule has 1 fully saturated rings. The number of benzene rings is 1. The Balaban J connectivity index is 0.00000312. The second-order valence-electron chi connectivity index (χ2n) is 6.63. The van der Waals surface area contributed by atoms with Gasteiger partial charge in [-0.15, -0.1) is 24.0 Å². The van der Waals surface area contributed by atoms with Crippen LogP contribution in [0.3, 0.4) is 0 Å². The van der Waals surface area contributed by atoms with Crippen LogP contribution in [0.2, 0.25) is 0 Å². The number of aliphatic imine (C=N–C) groups is 1. The summed E-state index contributed by atoms with van der Waals surface area (Å²) in [5.41, 5.74) is 1.28. The van der Waals surface area contributed by atoms with E-state index in [1.165, 1.54) is 5.69 Å². The van der Waals surface area contributed by atoms with Crippen molar-refractivity contribution in [3.05, 3.63) is 28.7 Å². The molecule has 1 atom stereocenters. The molecule has 1 aliphatic rings. The van der Waals surface area contributed by atoms with Crippen molar-refractivity contribution >= 4 is 51.6 Å². The van der Waals surface area contributed by atoms with Gasteiger partial charge in [0, 0.05) is 55.5 Å². The number of nitrogens with one attached hydrogen (secondary N) is 2. The summed E-state index contributed by atoms with van der Waals surface area (Å²) in [6, 6.07) is 9.53. The molecule has 0 radical (unpaired) electrons. The van der Waals surface area contributed by atoms with Crippen LogP contribution < -0.4 is 15.5 Å². The van der Waals surface area contributed by atoms with Crippen molar-refractivity contribution in [3.63, 3.8) is 0 Å². The fraction of sp³-hybridized carbons (Fsp3) is 0.611. The van der Waals surface area contributed by atoms with Gasteiger partial charge in [0.15, 0.2) is 5.96 Å². The molecule has 1 aliphatic heterocycles. The quantitative estimate of drug-likeness (QED) is 0.341. The average Bonchev–Trinajstić information content (AvgIpc) is 3.02. The summed E-state index contributed by atoms with van der Waals surface area (Å²) in [5, 5.41) is 6.97. The molecule has 0 saturated carbocycles. The van der Waals surface area contributed by atoms with E-state index in [9.17, 15) is 0 Å². The van der Waals surface area contributed by atoms with Crippen LogP contribution in [0, 0.1) is 0 Å². The van der Waals surface area contributed by atoms with E-state index < -0.39 is 0 Å². The molecule has 5 nitrogen and oxygen atoms in total. The molecule has 0 amide bonds. The summed E-state index contributed by atoms with van der Waals surface area (Å²) in [7, 11) is 3.98. The summed E-state index contributed by atoms with van der Waals surface area (Å²) in [6.45, 7) is 8.41. The van der Waals surface area contributed by atoms with Gasteiger partial charge in [-0.25, -0.2) is 0 Å². The maximum atomic E-state index is 4.35. The van der Waals surface area contributed by atoms with Crippen molar-refractivity contribution in [1.82, 2.24) is 15.5 Å². The number of anilines is 1. The highest BCUT2D eigenvalue weighted by atomic mass is 127. The zero-order valence-corrected chi connectivity index (χ0v) is 19.5. The maximum absolute atomic E-state index is 4.35. The Bertz CT molecular complexity index is 535. The second kappa shape index (κ2) is 11.2. The van der Waals surface area contributed by atoms with Crippen molar-refractivity contribution in [2.45, 2.75) is 32.4 Å². The highest BCUT2D eigenvalue weighted by Gasteiger charge is 2.23. The van der Waals surface area contributed by atoms with Gasteiger partial charge in [0.2, 0.25) is 0 Å². The molecule has 1 aromatic carbocycles. The van der Waals surface area contributed by atoms with Crippen LogP contribution in [0.1, 0.15) is 20.3 Å². The average molecular weight is 524 g/mol. The Hall–Kier alpha value is -0.540. The van der Waals surface area contributed by atoms with E-state index in [0.717, 1.165) is 43.0 Å². The third-order valence-electron chi connectivity index (χ3n) is 4.58. The van der Waals surface area contributed by atoms with Crippen LogP contribution in [0.25, 0.3) is 0 Å². The largest absolute Gasteiger partial charge is 0.369 e. The van der Waals surface area contributed by atoms with Gasteiger partial charge in [0.25, 0.3) is 0 Å². The topological polar surface area (TPSA) is 42.9 Å². The van der Waals surface area contributed by atoms with Crippen molar-refractivity contribution in [2.24, 2.45) is 4.99 Å². The Morgan fingerprint density at radius 3 is 2.64 bits per heavy atom. The van der Waals surface area contributed by atoms with E-state index >= 15 is 0 Å². The van der Waals surface area contributed by atoms with E-state index in [0.29, 0.717) is 12.1 Å². The molecule has 0 bridgehead atoms. The standard InChI is InChI=1S/C18H30BrN5.HI/c1-14(2)23(4)12-10-21-18(20-3)22-16-9-11-24(13-16)17-7-5-15(19)6-8-17;/h5-8,14,16H,9-13H2,1-4H3,(H2,20,21,22);1H.